The zero-order chi connectivity index (χ0) is 24.2. The normalized spacial score (nSPS) is 19.9. The molecule has 2 aromatic carbocycles. The van der Waals surface area contributed by atoms with E-state index >= 15 is 0 Å². The first kappa shape index (κ1) is 24.6. The summed E-state index contributed by atoms with van der Waals surface area (Å²) in [6, 6.07) is 6.59. The summed E-state index contributed by atoms with van der Waals surface area (Å²) in [5.41, 5.74) is 5.41. The second-order valence-electron chi connectivity index (χ2n) is 7.76. The van der Waals surface area contributed by atoms with E-state index in [2.05, 4.69) is 26.5 Å². The molecule has 1 aliphatic rings. The van der Waals surface area contributed by atoms with E-state index < -0.39 is 41.5 Å². The van der Waals surface area contributed by atoms with E-state index in [0.29, 0.717) is 12.0 Å². The molecule has 1 aliphatic heterocycles. The summed E-state index contributed by atoms with van der Waals surface area (Å²) in [5.74, 6) is -1.89. The van der Waals surface area contributed by atoms with Crippen LogP contribution < -0.4 is 21.5 Å². The van der Waals surface area contributed by atoms with Gasteiger partial charge in [-0.1, -0.05) is 6.92 Å². The van der Waals surface area contributed by atoms with Crippen molar-refractivity contribution in [1.29, 1.82) is 0 Å². The lowest BCUT2D eigenvalue weighted by Gasteiger charge is -2.18. The van der Waals surface area contributed by atoms with Crippen LogP contribution in [0.2, 0.25) is 0 Å². The van der Waals surface area contributed by atoms with E-state index in [1.165, 1.54) is 12.1 Å². The highest BCUT2D eigenvalue weighted by Crippen LogP contribution is 2.29. The van der Waals surface area contributed by atoms with Gasteiger partial charge in [0.1, 0.15) is 17.8 Å². The number of nitrogens with zero attached hydrogens (tertiary/aromatic N) is 1. The van der Waals surface area contributed by atoms with Crippen molar-refractivity contribution in [2.75, 3.05) is 0 Å². The molecule has 1 amide bonds. The largest absolute Gasteiger partial charge is 0.416 e. The van der Waals surface area contributed by atoms with E-state index in [0.717, 1.165) is 36.8 Å². The van der Waals surface area contributed by atoms with Crippen molar-refractivity contribution in [3.63, 3.8) is 0 Å². The maximum Gasteiger partial charge on any atom is 0.416 e. The Hall–Kier alpha value is -3.05. The Bertz CT molecular complexity index is 989. The molecule has 0 bridgehead atoms. The summed E-state index contributed by atoms with van der Waals surface area (Å²) in [7, 11) is 0. The highest BCUT2D eigenvalue weighted by molar-refractivity contribution is 6.05. The van der Waals surface area contributed by atoms with Crippen LogP contribution in [0.4, 0.5) is 22.0 Å². The molecule has 3 atom stereocenters. The predicted octanol–water partition coefficient (Wildman–Crippen LogP) is 4.02. The lowest BCUT2D eigenvalue weighted by molar-refractivity contribution is -0.137. The van der Waals surface area contributed by atoms with Gasteiger partial charge < -0.3 is 5.32 Å². The zero-order valence-corrected chi connectivity index (χ0v) is 17.9. The third kappa shape index (κ3) is 6.72. The van der Waals surface area contributed by atoms with Gasteiger partial charge in [0.05, 0.1) is 5.56 Å². The predicted molar refractivity (Wildman–Crippen MR) is 113 cm³/mol. The molecule has 1 heterocycles. The minimum Gasteiger partial charge on any atom is -0.354 e. The molecule has 0 aromatic heterocycles. The first-order valence-corrected chi connectivity index (χ1v) is 10.3. The van der Waals surface area contributed by atoms with Crippen molar-refractivity contribution >= 4 is 11.9 Å². The molecule has 0 radical (unpaired) electrons. The van der Waals surface area contributed by atoms with Gasteiger partial charge in [-0.05, 0) is 55.3 Å². The fourth-order valence-electron chi connectivity index (χ4n) is 3.21. The molecule has 1 saturated heterocycles. The average Bonchev–Trinajstić information content (AvgIpc) is 3.21. The third-order valence-corrected chi connectivity index (χ3v) is 5.16. The van der Waals surface area contributed by atoms with Gasteiger partial charge in [-0.3, -0.25) is 10.1 Å². The minimum atomic E-state index is -4.50. The summed E-state index contributed by atoms with van der Waals surface area (Å²) in [5, 5.41) is 5.64. The molecular formula is C22H24F5N5O. The maximum atomic E-state index is 13.5. The van der Waals surface area contributed by atoms with Crippen LogP contribution in [-0.4, -0.2) is 24.1 Å². The molecule has 3 rings (SSSR count). The molecule has 6 nitrogen and oxygen atoms in total. The number of hydrogen-bond acceptors (Lipinski definition) is 4. The summed E-state index contributed by atoms with van der Waals surface area (Å²) in [6.07, 6.45) is -3.98. The van der Waals surface area contributed by atoms with Crippen molar-refractivity contribution in [2.24, 2.45) is 4.99 Å². The van der Waals surface area contributed by atoms with Crippen LogP contribution in [0.5, 0.6) is 0 Å². The molecule has 0 aliphatic carbocycles. The molecule has 4 N–H and O–H groups in total. The van der Waals surface area contributed by atoms with E-state index in [-0.39, 0.29) is 17.6 Å². The highest BCUT2D eigenvalue weighted by Gasteiger charge is 2.30. The van der Waals surface area contributed by atoms with Crippen LogP contribution in [0, 0.1) is 11.6 Å². The Labute approximate surface area is 187 Å². The van der Waals surface area contributed by atoms with Crippen molar-refractivity contribution in [3.05, 3.63) is 70.8 Å². The van der Waals surface area contributed by atoms with E-state index in [4.69, 9.17) is 0 Å². The molecule has 3 unspecified atom stereocenters. The van der Waals surface area contributed by atoms with Gasteiger partial charge in [-0.15, -0.1) is 0 Å². The Kier molecular flexibility index (Phi) is 7.65. The van der Waals surface area contributed by atoms with Crippen LogP contribution in [0.1, 0.15) is 54.2 Å². The first-order valence-electron chi connectivity index (χ1n) is 10.3. The Morgan fingerprint density at radius 3 is 2.33 bits per heavy atom. The number of alkyl halides is 3. The first-order chi connectivity index (χ1) is 15.5. The average molecular weight is 469 g/mol. The van der Waals surface area contributed by atoms with Crippen LogP contribution in [-0.2, 0) is 6.18 Å². The van der Waals surface area contributed by atoms with Crippen LogP contribution in [0.25, 0.3) is 0 Å². The van der Waals surface area contributed by atoms with Gasteiger partial charge in [0.15, 0.2) is 5.96 Å². The molecular weight excluding hydrogens is 445 g/mol. The number of carbonyl (C=O) groups is 1. The molecule has 33 heavy (non-hydrogen) atoms. The number of benzene rings is 2. The number of amides is 1. The minimum absolute atomic E-state index is 0.0345. The second-order valence-corrected chi connectivity index (χ2v) is 7.76. The third-order valence-electron chi connectivity index (χ3n) is 5.16. The molecule has 2 aromatic rings. The molecule has 11 heteroatoms. The summed E-state index contributed by atoms with van der Waals surface area (Å²) >= 11 is 0. The number of nitrogens with one attached hydrogen (secondary N) is 4. The molecule has 1 fully saturated rings. The van der Waals surface area contributed by atoms with Crippen molar-refractivity contribution in [1.82, 2.24) is 21.5 Å². The number of rotatable bonds is 5. The number of guanidine groups is 1. The van der Waals surface area contributed by atoms with E-state index in [1.54, 1.807) is 0 Å². The van der Waals surface area contributed by atoms with Gasteiger partial charge >= 0.3 is 6.18 Å². The number of aliphatic imine (C=N–C) groups is 1. The fraction of sp³-hybridized carbons (Fsp3) is 0.364. The lowest BCUT2D eigenvalue weighted by Crippen LogP contribution is -2.46. The van der Waals surface area contributed by atoms with Crippen molar-refractivity contribution in [3.8, 4) is 0 Å². The summed E-state index contributed by atoms with van der Waals surface area (Å²) in [6.45, 7) is 3.80. The van der Waals surface area contributed by atoms with Crippen LogP contribution in [0.3, 0.4) is 0 Å². The fourth-order valence-corrected chi connectivity index (χ4v) is 3.21. The molecule has 0 saturated carbocycles. The molecule has 0 spiro atoms. The van der Waals surface area contributed by atoms with Crippen LogP contribution >= 0.6 is 0 Å². The lowest BCUT2D eigenvalue weighted by atomic mass is 10.0. The Balaban J connectivity index is 1.73. The number of hydrazine groups is 1. The molecule has 178 valence electrons. The number of halogens is 5. The van der Waals surface area contributed by atoms with Crippen molar-refractivity contribution in [2.45, 2.75) is 51.1 Å². The summed E-state index contributed by atoms with van der Waals surface area (Å²) < 4.78 is 65.3. The van der Waals surface area contributed by atoms with Gasteiger partial charge in [0.2, 0.25) is 0 Å². The highest BCUT2D eigenvalue weighted by atomic mass is 19.4. The van der Waals surface area contributed by atoms with Crippen LogP contribution in [0.15, 0.2) is 47.5 Å². The van der Waals surface area contributed by atoms with Gasteiger partial charge in [0, 0.05) is 30.1 Å². The SMILES string of the molecule is CCC(C)NC(=NC1CC(c2cc(F)cc(F)c2)NN1)NC(=O)c1ccc(C(F)(F)F)cc1. The second kappa shape index (κ2) is 10.3. The van der Waals surface area contributed by atoms with Gasteiger partial charge in [-0.25, -0.2) is 24.6 Å². The number of hydrogen-bond donors (Lipinski definition) is 4. The Morgan fingerprint density at radius 2 is 1.76 bits per heavy atom. The smallest absolute Gasteiger partial charge is 0.354 e. The number of carbonyl (C=O) groups excluding carboxylic acids is 1. The quantitative estimate of drug-likeness (QED) is 0.303. The van der Waals surface area contributed by atoms with Gasteiger partial charge in [-0.2, -0.15) is 13.2 Å². The topological polar surface area (TPSA) is 77.6 Å². The Morgan fingerprint density at radius 1 is 1.12 bits per heavy atom. The van der Waals surface area contributed by atoms with Crippen molar-refractivity contribution < 1.29 is 26.7 Å². The zero-order valence-electron chi connectivity index (χ0n) is 17.9. The van der Waals surface area contributed by atoms with Gasteiger partial charge in [0.25, 0.3) is 5.91 Å². The maximum absolute atomic E-state index is 13.5. The van der Waals surface area contributed by atoms with E-state index in [9.17, 15) is 26.7 Å². The van der Waals surface area contributed by atoms with E-state index in [1.807, 2.05) is 13.8 Å². The summed E-state index contributed by atoms with van der Waals surface area (Å²) in [4.78, 5) is 17.0. The standard InChI is InChI=1S/C22H24F5N5O/c1-3-12(2)28-21(30-20(33)13-4-6-15(7-5-13)22(25,26)27)29-19-11-18(31-32-19)14-8-16(23)10-17(24)9-14/h4-10,12,18-19,31-32H,3,11H2,1-2H3,(H2,28,29,30,33). The monoisotopic (exact) mass is 469 g/mol.